The smallest absolute Gasteiger partial charge is 0.0766 e. The molecule has 0 amide bonds. The van der Waals surface area contributed by atoms with E-state index in [0.29, 0.717) is 6.10 Å². The third-order valence-corrected chi connectivity index (χ3v) is 4.43. The quantitative estimate of drug-likeness (QED) is 0.943. The van der Waals surface area contributed by atoms with Crippen LogP contribution in [0.4, 0.5) is 5.69 Å². The Kier molecular flexibility index (Phi) is 4.32. The molecule has 1 aliphatic rings. The van der Waals surface area contributed by atoms with Gasteiger partial charge in [0.25, 0.3) is 0 Å². The Bertz CT molecular complexity index is 684. The first-order valence-electron chi connectivity index (χ1n) is 8.00. The Morgan fingerprint density at radius 3 is 2.86 bits per heavy atom. The second kappa shape index (κ2) is 6.23. The first-order valence-corrected chi connectivity index (χ1v) is 8.00. The van der Waals surface area contributed by atoms with Gasteiger partial charge in [0.15, 0.2) is 0 Å². The highest BCUT2D eigenvalue weighted by molar-refractivity contribution is 5.93. The van der Waals surface area contributed by atoms with Crippen LogP contribution in [-0.2, 0) is 11.3 Å². The number of rotatable bonds is 4. The number of pyridine rings is 1. The first kappa shape index (κ1) is 15.3. The van der Waals surface area contributed by atoms with E-state index >= 15 is 0 Å². The number of fused-ring (bicyclic) bond motifs is 1. The Hall–Kier alpha value is -1.65. The lowest BCUT2D eigenvalue weighted by Gasteiger charge is -2.22. The topological polar surface area (TPSA) is 45.6 Å². The van der Waals surface area contributed by atoms with Crippen LogP contribution in [0.25, 0.3) is 10.9 Å². The van der Waals surface area contributed by atoms with Crippen molar-refractivity contribution in [2.75, 3.05) is 24.6 Å². The van der Waals surface area contributed by atoms with Gasteiger partial charge in [0, 0.05) is 36.5 Å². The van der Waals surface area contributed by atoms with Gasteiger partial charge in [-0.25, -0.2) is 0 Å². The van der Waals surface area contributed by atoms with Crippen molar-refractivity contribution in [1.82, 2.24) is 4.98 Å². The Morgan fingerprint density at radius 1 is 1.32 bits per heavy atom. The number of aliphatic hydroxyl groups is 1. The van der Waals surface area contributed by atoms with Crippen LogP contribution < -0.4 is 4.90 Å². The van der Waals surface area contributed by atoms with E-state index in [1.807, 2.05) is 19.9 Å². The molecule has 22 heavy (non-hydrogen) atoms. The second-order valence-corrected chi connectivity index (χ2v) is 6.05. The zero-order chi connectivity index (χ0) is 15.7. The van der Waals surface area contributed by atoms with Gasteiger partial charge in [-0.3, -0.25) is 4.98 Å². The van der Waals surface area contributed by atoms with Crippen LogP contribution in [-0.4, -0.2) is 35.9 Å². The molecule has 3 rings (SSSR count). The van der Waals surface area contributed by atoms with Gasteiger partial charge < -0.3 is 14.7 Å². The fourth-order valence-electron chi connectivity index (χ4n) is 3.29. The van der Waals surface area contributed by atoms with Crippen molar-refractivity contribution >= 4 is 16.6 Å². The molecule has 4 heteroatoms. The lowest BCUT2D eigenvalue weighted by Crippen LogP contribution is -2.23. The van der Waals surface area contributed by atoms with Crippen LogP contribution in [0.1, 0.15) is 30.2 Å². The lowest BCUT2D eigenvalue weighted by molar-refractivity contribution is 0.0788. The van der Waals surface area contributed by atoms with E-state index in [2.05, 4.69) is 28.9 Å². The average molecular weight is 300 g/mol. The number of ether oxygens (including phenoxy) is 1. The van der Waals surface area contributed by atoms with E-state index in [9.17, 15) is 5.11 Å². The van der Waals surface area contributed by atoms with E-state index in [-0.39, 0.29) is 6.61 Å². The van der Waals surface area contributed by atoms with E-state index in [1.165, 1.54) is 5.69 Å². The van der Waals surface area contributed by atoms with Crippen LogP contribution in [0.5, 0.6) is 0 Å². The fourth-order valence-corrected chi connectivity index (χ4v) is 3.29. The Balaban J connectivity index is 2.04. The molecule has 1 N–H and O–H groups in total. The van der Waals surface area contributed by atoms with Gasteiger partial charge in [0.05, 0.1) is 18.2 Å². The number of nitrogens with zero attached hydrogens (tertiary/aromatic N) is 2. The van der Waals surface area contributed by atoms with E-state index in [1.54, 1.807) is 0 Å². The standard InChI is InChI=1S/C18H24N2O2/c1-4-22-15-5-6-20(10-15)18-8-13(3)19-17-9-14(11-21)12(2)7-16(17)18/h7-9,15,21H,4-6,10-11H2,1-3H3. The highest BCUT2D eigenvalue weighted by Crippen LogP contribution is 2.32. The fraction of sp³-hybridized carbons (Fsp3) is 0.500. The number of benzene rings is 1. The maximum Gasteiger partial charge on any atom is 0.0766 e. The summed E-state index contributed by atoms with van der Waals surface area (Å²) in [7, 11) is 0. The molecule has 0 aliphatic carbocycles. The average Bonchev–Trinajstić information content (AvgIpc) is 2.95. The van der Waals surface area contributed by atoms with Gasteiger partial charge in [-0.2, -0.15) is 0 Å². The largest absolute Gasteiger partial charge is 0.392 e. The van der Waals surface area contributed by atoms with E-state index < -0.39 is 0 Å². The third-order valence-electron chi connectivity index (χ3n) is 4.43. The van der Waals surface area contributed by atoms with Crippen molar-refractivity contribution in [3.63, 3.8) is 0 Å². The highest BCUT2D eigenvalue weighted by Gasteiger charge is 2.24. The summed E-state index contributed by atoms with van der Waals surface area (Å²) in [6.45, 7) is 8.90. The molecular weight excluding hydrogens is 276 g/mol. The molecular formula is C18H24N2O2. The number of hydrogen-bond donors (Lipinski definition) is 1. The lowest BCUT2D eigenvalue weighted by atomic mass is 10.0. The van der Waals surface area contributed by atoms with Crippen molar-refractivity contribution in [3.05, 3.63) is 35.0 Å². The van der Waals surface area contributed by atoms with Crippen LogP contribution in [0.2, 0.25) is 0 Å². The molecule has 1 saturated heterocycles. The molecule has 0 saturated carbocycles. The minimum absolute atomic E-state index is 0.0584. The number of aliphatic hydroxyl groups excluding tert-OH is 1. The minimum atomic E-state index is 0.0584. The molecule has 1 aromatic carbocycles. The molecule has 2 aromatic rings. The normalized spacial score (nSPS) is 18.4. The molecule has 4 nitrogen and oxygen atoms in total. The molecule has 118 valence electrons. The molecule has 1 atom stereocenters. The van der Waals surface area contributed by atoms with Crippen molar-refractivity contribution in [1.29, 1.82) is 0 Å². The molecule has 1 aromatic heterocycles. The molecule has 1 fully saturated rings. The third kappa shape index (κ3) is 2.81. The van der Waals surface area contributed by atoms with Gasteiger partial charge in [-0.15, -0.1) is 0 Å². The minimum Gasteiger partial charge on any atom is -0.392 e. The Morgan fingerprint density at radius 2 is 2.14 bits per heavy atom. The zero-order valence-electron chi connectivity index (χ0n) is 13.6. The highest BCUT2D eigenvalue weighted by atomic mass is 16.5. The summed E-state index contributed by atoms with van der Waals surface area (Å²) in [4.78, 5) is 7.04. The summed E-state index contributed by atoms with van der Waals surface area (Å²) in [6, 6.07) is 6.32. The van der Waals surface area contributed by atoms with Gasteiger partial charge in [-0.05, 0) is 56.5 Å². The number of hydrogen-bond acceptors (Lipinski definition) is 4. The van der Waals surface area contributed by atoms with E-state index in [4.69, 9.17) is 4.74 Å². The summed E-state index contributed by atoms with van der Waals surface area (Å²) in [5.41, 5.74) is 5.27. The second-order valence-electron chi connectivity index (χ2n) is 6.05. The maximum atomic E-state index is 9.47. The first-order chi connectivity index (χ1) is 10.6. The maximum absolute atomic E-state index is 9.47. The van der Waals surface area contributed by atoms with Crippen LogP contribution in [0.3, 0.4) is 0 Å². The molecule has 1 aliphatic heterocycles. The summed E-state index contributed by atoms with van der Waals surface area (Å²) >= 11 is 0. The van der Waals surface area contributed by atoms with Crippen molar-refractivity contribution < 1.29 is 9.84 Å². The van der Waals surface area contributed by atoms with E-state index in [0.717, 1.165) is 53.8 Å². The summed E-state index contributed by atoms with van der Waals surface area (Å²) < 4.78 is 5.77. The van der Waals surface area contributed by atoms with Gasteiger partial charge in [-0.1, -0.05) is 0 Å². The molecule has 0 spiro atoms. The van der Waals surface area contributed by atoms with Crippen LogP contribution in [0.15, 0.2) is 18.2 Å². The molecule has 2 heterocycles. The molecule has 0 radical (unpaired) electrons. The van der Waals surface area contributed by atoms with Crippen molar-refractivity contribution in [3.8, 4) is 0 Å². The summed E-state index contributed by atoms with van der Waals surface area (Å²) in [5.74, 6) is 0. The predicted octanol–water partition coefficient (Wildman–Crippen LogP) is 2.96. The van der Waals surface area contributed by atoms with Crippen molar-refractivity contribution in [2.45, 2.75) is 39.9 Å². The summed E-state index contributed by atoms with van der Waals surface area (Å²) in [5, 5.41) is 10.6. The van der Waals surface area contributed by atoms with Gasteiger partial charge >= 0.3 is 0 Å². The number of anilines is 1. The number of aromatic nitrogens is 1. The van der Waals surface area contributed by atoms with Gasteiger partial charge in [0.1, 0.15) is 0 Å². The van der Waals surface area contributed by atoms with Gasteiger partial charge in [0.2, 0.25) is 0 Å². The zero-order valence-corrected chi connectivity index (χ0v) is 13.6. The van der Waals surface area contributed by atoms with Crippen LogP contribution in [0, 0.1) is 13.8 Å². The summed E-state index contributed by atoms with van der Waals surface area (Å²) in [6.07, 6.45) is 1.40. The van der Waals surface area contributed by atoms with Crippen LogP contribution >= 0.6 is 0 Å². The number of aryl methyl sites for hydroxylation is 2. The van der Waals surface area contributed by atoms with Crippen molar-refractivity contribution in [2.24, 2.45) is 0 Å². The molecule has 0 bridgehead atoms. The Labute approximate surface area is 131 Å². The SMILES string of the molecule is CCOC1CCN(c2cc(C)nc3cc(CO)c(C)cc23)C1. The predicted molar refractivity (Wildman–Crippen MR) is 89.4 cm³/mol. The molecule has 1 unspecified atom stereocenters. The monoisotopic (exact) mass is 300 g/mol.